The Labute approximate surface area is 155 Å². The smallest absolute Gasteiger partial charge is 0.260 e. The summed E-state index contributed by atoms with van der Waals surface area (Å²) in [6.07, 6.45) is 0. The highest BCUT2D eigenvalue weighted by atomic mass is 16.5. The lowest BCUT2D eigenvalue weighted by Gasteiger charge is -2.19. The zero-order chi connectivity index (χ0) is 19.3. The Morgan fingerprint density at radius 2 is 1.65 bits per heavy atom. The fourth-order valence-corrected chi connectivity index (χ4v) is 2.61. The molecule has 0 heterocycles. The van der Waals surface area contributed by atoms with Gasteiger partial charge in [0.25, 0.3) is 5.91 Å². The number of likely N-dealkylation sites (N-methyl/N-ethyl adjacent to an activating group) is 1. The molecule has 0 aliphatic heterocycles. The van der Waals surface area contributed by atoms with Crippen LogP contribution >= 0.6 is 0 Å². The van der Waals surface area contributed by atoms with Crippen molar-refractivity contribution >= 4 is 17.5 Å². The van der Waals surface area contributed by atoms with E-state index >= 15 is 0 Å². The van der Waals surface area contributed by atoms with Gasteiger partial charge in [-0.2, -0.15) is 0 Å². The molecule has 0 saturated heterocycles. The number of hydrogen-bond donors (Lipinski definition) is 1. The quantitative estimate of drug-likeness (QED) is 0.865. The number of ether oxygens (including phenoxy) is 1. The number of hydrogen-bond acceptors (Lipinski definition) is 3. The van der Waals surface area contributed by atoms with Crippen LogP contribution in [0.3, 0.4) is 0 Å². The second kappa shape index (κ2) is 8.52. The van der Waals surface area contributed by atoms with Crippen molar-refractivity contribution in [1.82, 2.24) is 4.90 Å². The predicted octanol–water partition coefficient (Wildman–Crippen LogP) is 3.40. The predicted molar refractivity (Wildman–Crippen MR) is 104 cm³/mol. The summed E-state index contributed by atoms with van der Waals surface area (Å²) >= 11 is 0. The number of benzene rings is 2. The van der Waals surface area contributed by atoms with Gasteiger partial charge in [0, 0.05) is 12.7 Å². The summed E-state index contributed by atoms with van der Waals surface area (Å²) < 4.78 is 5.62. The van der Waals surface area contributed by atoms with Crippen molar-refractivity contribution in [3.63, 3.8) is 0 Å². The second-order valence-corrected chi connectivity index (χ2v) is 6.62. The van der Waals surface area contributed by atoms with E-state index in [9.17, 15) is 9.59 Å². The fourth-order valence-electron chi connectivity index (χ4n) is 2.61. The molecule has 0 unspecified atom stereocenters. The van der Waals surface area contributed by atoms with E-state index in [1.54, 1.807) is 7.05 Å². The molecular weight excluding hydrogens is 328 g/mol. The standard InChI is InChI=1S/C21H26N2O3/c1-14-9-10-15(2)18(11-14)26-13-20(25)23(5)12-19(24)22-21-16(3)7-6-8-17(21)4/h6-11H,12-13H2,1-5H3,(H,22,24). The van der Waals surface area contributed by atoms with Gasteiger partial charge in [-0.25, -0.2) is 0 Å². The monoisotopic (exact) mass is 354 g/mol. The number of rotatable bonds is 6. The Kier molecular flexibility index (Phi) is 6.39. The molecule has 138 valence electrons. The topological polar surface area (TPSA) is 58.6 Å². The van der Waals surface area contributed by atoms with Gasteiger partial charge in [-0.1, -0.05) is 30.3 Å². The van der Waals surface area contributed by atoms with Crippen LogP contribution in [0.25, 0.3) is 0 Å². The number of aryl methyl sites for hydroxylation is 4. The minimum absolute atomic E-state index is 0.0250. The van der Waals surface area contributed by atoms with E-state index < -0.39 is 0 Å². The average Bonchev–Trinajstić information content (AvgIpc) is 2.58. The van der Waals surface area contributed by atoms with E-state index in [0.717, 1.165) is 27.9 Å². The SMILES string of the molecule is Cc1ccc(C)c(OCC(=O)N(C)CC(=O)Nc2c(C)cccc2C)c1. The van der Waals surface area contributed by atoms with Gasteiger partial charge in [0.15, 0.2) is 6.61 Å². The normalized spacial score (nSPS) is 10.3. The van der Waals surface area contributed by atoms with Crippen LogP contribution in [-0.2, 0) is 9.59 Å². The first-order chi connectivity index (χ1) is 12.3. The number of para-hydroxylation sites is 1. The number of nitrogens with one attached hydrogen (secondary N) is 1. The number of carbonyl (C=O) groups is 2. The highest BCUT2D eigenvalue weighted by molar-refractivity contribution is 5.95. The van der Waals surface area contributed by atoms with Crippen LogP contribution in [0.15, 0.2) is 36.4 Å². The van der Waals surface area contributed by atoms with Gasteiger partial charge >= 0.3 is 0 Å². The van der Waals surface area contributed by atoms with Crippen molar-refractivity contribution in [1.29, 1.82) is 0 Å². The summed E-state index contributed by atoms with van der Waals surface area (Å²) in [7, 11) is 1.60. The third-order valence-electron chi connectivity index (χ3n) is 4.25. The highest BCUT2D eigenvalue weighted by Gasteiger charge is 2.15. The molecule has 0 fully saturated rings. The Morgan fingerprint density at radius 1 is 1.00 bits per heavy atom. The molecule has 2 aromatic carbocycles. The van der Waals surface area contributed by atoms with Crippen LogP contribution in [0.4, 0.5) is 5.69 Å². The van der Waals surface area contributed by atoms with Gasteiger partial charge in [-0.3, -0.25) is 9.59 Å². The first-order valence-electron chi connectivity index (χ1n) is 8.58. The van der Waals surface area contributed by atoms with Crippen molar-refractivity contribution in [3.05, 3.63) is 58.7 Å². The van der Waals surface area contributed by atoms with Gasteiger partial charge in [-0.05, 0) is 56.0 Å². The molecule has 0 aliphatic carbocycles. The summed E-state index contributed by atoms with van der Waals surface area (Å²) in [5, 5.41) is 2.88. The summed E-state index contributed by atoms with van der Waals surface area (Å²) in [5.41, 5.74) is 4.82. The molecule has 26 heavy (non-hydrogen) atoms. The molecule has 0 aliphatic rings. The van der Waals surface area contributed by atoms with E-state index in [4.69, 9.17) is 4.74 Å². The van der Waals surface area contributed by atoms with E-state index in [2.05, 4.69) is 5.32 Å². The summed E-state index contributed by atoms with van der Waals surface area (Å²) in [4.78, 5) is 25.9. The van der Waals surface area contributed by atoms with Crippen LogP contribution in [0.5, 0.6) is 5.75 Å². The molecule has 0 bridgehead atoms. The molecule has 5 nitrogen and oxygen atoms in total. The number of nitrogens with zero attached hydrogens (tertiary/aromatic N) is 1. The summed E-state index contributed by atoms with van der Waals surface area (Å²) in [6, 6.07) is 11.7. The lowest BCUT2D eigenvalue weighted by Crippen LogP contribution is -2.37. The first kappa shape index (κ1) is 19.5. The Bertz CT molecular complexity index is 795. The first-order valence-corrected chi connectivity index (χ1v) is 8.58. The molecule has 2 aromatic rings. The zero-order valence-electron chi connectivity index (χ0n) is 16.1. The minimum atomic E-state index is -0.248. The van der Waals surface area contributed by atoms with Crippen LogP contribution in [0, 0.1) is 27.7 Å². The summed E-state index contributed by atoms with van der Waals surface area (Å²) in [6.45, 7) is 7.66. The van der Waals surface area contributed by atoms with E-state index in [1.165, 1.54) is 4.90 Å². The van der Waals surface area contributed by atoms with E-state index in [1.807, 2.05) is 64.1 Å². The van der Waals surface area contributed by atoms with Gasteiger partial charge in [0.05, 0.1) is 6.54 Å². The molecule has 0 radical (unpaired) electrons. The molecule has 0 aromatic heterocycles. The third kappa shape index (κ3) is 5.09. The maximum atomic E-state index is 12.3. The molecule has 2 rings (SSSR count). The Balaban J connectivity index is 1.90. The number of amides is 2. The Hall–Kier alpha value is -2.82. The third-order valence-corrected chi connectivity index (χ3v) is 4.25. The molecule has 0 saturated carbocycles. The highest BCUT2D eigenvalue weighted by Crippen LogP contribution is 2.20. The van der Waals surface area contributed by atoms with Crippen molar-refractivity contribution in [3.8, 4) is 5.75 Å². The minimum Gasteiger partial charge on any atom is -0.483 e. The van der Waals surface area contributed by atoms with Gasteiger partial charge in [0.1, 0.15) is 5.75 Å². The zero-order valence-corrected chi connectivity index (χ0v) is 16.1. The van der Waals surface area contributed by atoms with Gasteiger partial charge in [-0.15, -0.1) is 0 Å². The van der Waals surface area contributed by atoms with Gasteiger partial charge < -0.3 is 15.0 Å². The lowest BCUT2D eigenvalue weighted by atomic mass is 10.1. The van der Waals surface area contributed by atoms with Crippen LogP contribution in [0.1, 0.15) is 22.3 Å². The van der Waals surface area contributed by atoms with Crippen LogP contribution in [0.2, 0.25) is 0 Å². The maximum absolute atomic E-state index is 12.3. The molecule has 0 atom stereocenters. The molecule has 0 spiro atoms. The molecule has 2 amide bonds. The average molecular weight is 354 g/mol. The number of carbonyl (C=O) groups excluding carboxylic acids is 2. The largest absolute Gasteiger partial charge is 0.483 e. The van der Waals surface area contributed by atoms with Crippen molar-refractivity contribution in [2.45, 2.75) is 27.7 Å². The fraction of sp³-hybridized carbons (Fsp3) is 0.333. The van der Waals surface area contributed by atoms with Crippen molar-refractivity contribution < 1.29 is 14.3 Å². The maximum Gasteiger partial charge on any atom is 0.260 e. The van der Waals surface area contributed by atoms with Gasteiger partial charge in [0.2, 0.25) is 5.91 Å². The lowest BCUT2D eigenvalue weighted by molar-refractivity contribution is -0.135. The molecule has 5 heteroatoms. The second-order valence-electron chi connectivity index (χ2n) is 6.62. The van der Waals surface area contributed by atoms with Crippen molar-refractivity contribution in [2.24, 2.45) is 0 Å². The van der Waals surface area contributed by atoms with Crippen LogP contribution in [-0.4, -0.2) is 36.9 Å². The molecular formula is C21H26N2O3. The van der Waals surface area contributed by atoms with E-state index in [0.29, 0.717) is 5.75 Å². The van der Waals surface area contributed by atoms with Crippen molar-refractivity contribution in [2.75, 3.05) is 25.5 Å². The van der Waals surface area contributed by atoms with E-state index in [-0.39, 0.29) is 25.0 Å². The summed E-state index contributed by atoms with van der Waals surface area (Å²) in [5.74, 6) is 0.208. The Morgan fingerprint density at radius 3 is 2.31 bits per heavy atom. The number of anilines is 1. The molecule has 1 N–H and O–H groups in total. The van der Waals surface area contributed by atoms with Crippen LogP contribution < -0.4 is 10.1 Å².